The van der Waals surface area contributed by atoms with E-state index in [4.69, 9.17) is 0 Å². The van der Waals surface area contributed by atoms with Gasteiger partial charge in [0.15, 0.2) is 0 Å². The minimum absolute atomic E-state index is 0.243. The van der Waals surface area contributed by atoms with Crippen LogP contribution in [0.15, 0.2) is 36.0 Å². The van der Waals surface area contributed by atoms with Crippen LogP contribution in [-0.2, 0) is 0 Å². The Hall–Kier alpha value is -2.77. The first-order chi connectivity index (χ1) is 8.18. The number of aromatic hydroxyl groups is 1. The van der Waals surface area contributed by atoms with Gasteiger partial charge in [0.25, 0.3) is 0 Å². The highest BCUT2D eigenvalue weighted by molar-refractivity contribution is 5.85. The van der Waals surface area contributed by atoms with Gasteiger partial charge in [-0.2, -0.15) is 5.10 Å². The summed E-state index contributed by atoms with van der Waals surface area (Å²) in [6.45, 7) is 0. The smallest absolute Gasteiger partial charge is 0.311 e. The molecule has 2 aromatic rings. The van der Waals surface area contributed by atoms with Crippen molar-refractivity contribution in [2.75, 3.05) is 0 Å². The monoisotopic (exact) mass is 233 g/mol. The predicted octanol–water partition coefficient (Wildman–Crippen LogP) is 0.774. The van der Waals surface area contributed by atoms with Crippen LogP contribution in [0, 0.1) is 10.1 Å². The van der Waals surface area contributed by atoms with Crippen LogP contribution in [0.2, 0.25) is 0 Å². The highest BCUT2D eigenvalue weighted by Crippen LogP contribution is 2.27. The second-order valence-electron chi connectivity index (χ2n) is 3.06. The number of hydrogen-bond donors (Lipinski definition) is 1. The lowest BCUT2D eigenvalue weighted by Crippen LogP contribution is -1.93. The van der Waals surface area contributed by atoms with Gasteiger partial charge in [-0.3, -0.25) is 10.1 Å². The largest absolute Gasteiger partial charge is 0.502 e. The summed E-state index contributed by atoms with van der Waals surface area (Å²) < 4.78 is 1.30. The molecule has 8 heteroatoms. The highest BCUT2D eigenvalue weighted by atomic mass is 16.6. The number of para-hydroxylation sites is 1. The minimum atomic E-state index is -0.661. The first kappa shape index (κ1) is 10.7. The van der Waals surface area contributed by atoms with Crippen molar-refractivity contribution in [1.29, 1.82) is 0 Å². The molecule has 8 nitrogen and oxygen atoms in total. The topological polar surface area (TPSA) is 106 Å². The average Bonchev–Trinajstić information content (AvgIpc) is 2.80. The number of rotatable bonds is 3. The van der Waals surface area contributed by atoms with Crippen molar-refractivity contribution < 1.29 is 10.0 Å². The third-order valence-corrected chi connectivity index (χ3v) is 1.98. The van der Waals surface area contributed by atoms with E-state index in [9.17, 15) is 15.2 Å². The van der Waals surface area contributed by atoms with E-state index in [1.807, 2.05) is 0 Å². The summed E-state index contributed by atoms with van der Waals surface area (Å²) in [5.74, 6) is -0.422. The van der Waals surface area contributed by atoms with Crippen LogP contribution in [0.4, 0.5) is 5.69 Å². The van der Waals surface area contributed by atoms with E-state index in [0.717, 1.165) is 0 Å². The molecule has 17 heavy (non-hydrogen) atoms. The molecule has 0 aliphatic rings. The maximum atomic E-state index is 10.6. The van der Waals surface area contributed by atoms with Gasteiger partial charge >= 0.3 is 5.69 Å². The Kier molecular flexibility index (Phi) is 2.77. The standard InChI is InChI=1S/C9H7N5O3/c15-9-7(2-1-3-8(9)14(16)17)4-12-13-5-10-11-6-13/h1-6,15H/b12-4-. The van der Waals surface area contributed by atoms with Gasteiger partial charge in [-0.15, -0.1) is 10.2 Å². The van der Waals surface area contributed by atoms with Gasteiger partial charge < -0.3 is 5.11 Å². The van der Waals surface area contributed by atoms with Crippen LogP contribution < -0.4 is 0 Å². The molecule has 1 N–H and O–H groups in total. The van der Waals surface area contributed by atoms with E-state index < -0.39 is 10.7 Å². The van der Waals surface area contributed by atoms with Crippen molar-refractivity contribution in [2.24, 2.45) is 5.10 Å². The van der Waals surface area contributed by atoms with Crippen LogP contribution in [-0.4, -0.2) is 31.1 Å². The van der Waals surface area contributed by atoms with Crippen LogP contribution in [0.1, 0.15) is 5.56 Å². The van der Waals surface area contributed by atoms with Gasteiger partial charge in [-0.1, -0.05) is 6.07 Å². The molecule has 0 radical (unpaired) electrons. The number of aromatic nitrogens is 3. The van der Waals surface area contributed by atoms with Crippen molar-refractivity contribution >= 4 is 11.9 Å². The normalized spacial score (nSPS) is 10.8. The van der Waals surface area contributed by atoms with Crippen molar-refractivity contribution in [3.05, 3.63) is 46.5 Å². The molecule has 1 aromatic heterocycles. The molecule has 0 saturated heterocycles. The van der Waals surface area contributed by atoms with Crippen LogP contribution in [0.5, 0.6) is 5.75 Å². The third kappa shape index (κ3) is 2.25. The fourth-order valence-corrected chi connectivity index (χ4v) is 1.18. The molecule has 0 aliphatic heterocycles. The van der Waals surface area contributed by atoms with Crippen molar-refractivity contribution in [2.45, 2.75) is 0 Å². The molecule has 1 heterocycles. The zero-order valence-electron chi connectivity index (χ0n) is 8.46. The molecule has 0 amide bonds. The first-order valence-electron chi connectivity index (χ1n) is 4.54. The Labute approximate surface area is 95.0 Å². The fraction of sp³-hybridized carbons (Fsp3) is 0. The van der Waals surface area contributed by atoms with E-state index in [1.165, 1.54) is 41.7 Å². The third-order valence-electron chi connectivity index (χ3n) is 1.98. The number of phenols is 1. The summed E-state index contributed by atoms with van der Waals surface area (Å²) >= 11 is 0. The first-order valence-corrected chi connectivity index (χ1v) is 4.54. The number of nitrogens with zero attached hydrogens (tertiary/aromatic N) is 5. The number of nitro groups is 1. The van der Waals surface area contributed by atoms with Gasteiger partial charge in [0.2, 0.25) is 5.75 Å². The molecule has 0 atom stereocenters. The van der Waals surface area contributed by atoms with Crippen molar-refractivity contribution in [3.63, 3.8) is 0 Å². The predicted molar refractivity (Wildman–Crippen MR) is 57.8 cm³/mol. The Morgan fingerprint density at radius 3 is 2.76 bits per heavy atom. The zero-order valence-corrected chi connectivity index (χ0v) is 8.46. The highest BCUT2D eigenvalue weighted by Gasteiger charge is 2.14. The molecule has 0 unspecified atom stereocenters. The van der Waals surface area contributed by atoms with E-state index in [0.29, 0.717) is 0 Å². The van der Waals surface area contributed by atoms with Crippen molar-refractivity contribution in [3.8, 4) is 5.75 Å². The summed E-state index contributed by atoms with van der Waals surface area (Å²) in [6, 6.07) is 4.19. The Morgan fingerprint density at radius 2 is 2.12 bits per heavy atom. The molecule has 86 valence electrons. The van der Waals surface area contributed by atoms with Gasteiger partial charge in [0.05, 0.1) is 11.1 Å². The molecule has 0 bridgehead atoms. The number of nitro benzene ring substituents is 1. The summed E-state index contributed by atoms with van der Waals surface area (Å²) in [7, 11) is 0. The molecule has 0 spiro atoms. The molecule has 0 fully saturated rings. The number of hydrogen-bond acceptors (Lipinski definition) is 6. The average molecular weight is 233 g/mol. The lowest BCUT2D eigenvalue weighted by atomic mass is 10.2. The lowest BCUT2D eigenvalue weighted by molar-refractivity contribution is -0.385. The lowest BCUT2D eigenvalue weighted by Gasteiger charge is -1.99. The number of phenolic OH excluding ortho intramolecular Hbond substituents is 1. The van der Waals surface area contributed by atoms with E-state index >= 15 is 0 Å². The SMILES string of the molecule is O=[N+]([O-])c1cccc(/C=N\n2cnnc2)c1O. The van der Waals surface area contributed by atoms with Crippen LogP contribution >= 0.6 is 0 Å². The van der Waals surface area contributed by atoms with Crippen LogP contribution in [0.3, 0.4) is 0 Å². The summed E-state index contributed by atoms with van der Waals surface area (Å²) in [6.07, 6.45) is 3.99. The van der Waals surface area contributed by atoms with Gasteiger partial charge in [-0.05, 0) is 6.07 Å². The second-order valence-corrected chi connectivity index (χ2v) is 3.06. The molecule has 2 rings (SSSR count). The Morgan fingerprint density at radius 1 is 1.41 bits per heavy atom. The summed E-state index contributed by atoms with van der Waals surface area (Å²) in [5, 5.41) is 31.1. The molecule has 1 aromatic carbocycles. The zero-order chi connectivity index (χ0) is 12.3. The Bertz CT molecular complexity index is 564. The van der Waals surface area contributed by atoms with Crippen molar-refractivity contribution in [1.82, 2.24) is 14.9 Å². The Balaban J connectivity index is 2.34. The van der Waals surface area contributed by atoms with E-state index in [-0.39, 0.29) is 11.3 Å². The summed E-state index contributed by atoms with van der Waals surface area (Å²) in [5.41, 5.74) is -0.120. The number of benzene rings is 1. The summed E-state index contributed by atoms with van der Waals surface area (Å²) in [4.78, 5) is 9.92. The quantitative estimate of drug-likeness (QED) is 0.478. The van der Waals surface area contributed by atoms with E-state index in [1.54, 1.807) is 0 Å². The second kappa shape index (κ2) is 4.39. The molecular weight excluding hydrogens is 226 g/mol. The molecule has 0 saturated carbocycles. The van der Waals surface area contributed by atoms with Gasteiger partial charge in [0, 0.05) is 11.6 Å². The van der Waals surface area contributed by atoms with Gasteiger partial charge in [0.1, 0.15) is 12.7 Å². The van der Waals surface area contributed by atoms with E-state index in [2.05, 4.69) is 15.3 Å². The van der Waals surface area contributed by atoms with Gasteiger partial charge in [-0.25, -0.2) is 4.68 Å². The molecule has 0 aliphatic carbocycles. The fourth-order valence-electron chi connectivity index (χ4n) is 1.18. The maximum absolute atomic E-state index is 10.6. The molecular formula is C9H7N5O3. The maximum Gasteiger partial charge on any atom is 0.311 e. The van der Waals surface area contributed by atoms with Crippen LogP contribution in [0.25, 0.3) is 0 Å². The minimum Gasteiger partial charge on any atom is -0.502 e.